The predicted octanol–water partition coefficient (Wildman–Crippen LogP) is 2.57. The average molecular weight is 214 g/mol. The van der Waals surface area contributed by atoms with Gasteiger partial charge in [0.2, 0.25) is 5.95 Å². The van der Waals surface area contributed by atoms with Crippen molar-refractivity contribution in [2.75, 3.05) is 17.7 Å². The molecule has 0 fully saturated rings. The Bertz CT molecular complexity index is 465. The van der Waals surface area contributed by atoms with Crippen LogP contribution < -0.4 is 10.6 Å². The lowest BCUT2D eigenvalue weighted by atomic mass is 10.3. The van der Waals surface area contributed by atoms with E-state index in [-0.39, 0.29) is 0 Å². The summed E-state index contributed by atoms with van der Waals surface area (Å²) in [4.78, 5) is 8.41. The summed E-state index contributed by atoms with van der Waals surface area (Å²) >= 11 is 0. The lowest BCUT2D eigenvalue weighted by Crippen LogP contribution is -1.97. The molecule has 0 aliphatic rings. The zero-order valence-electron chi connectivity index (χ0n) is 9.36. The van der Waals surface area contributed by atoms with Crippen molar-refractivity contribution >= 4 is 17.3 Å². The molecule has 2 aromatic rings. The minimum Gasteiger partial charge on any atom is -0.388 e. The van der Waals surface area contributed by atoms with Gasteiger partial charge < -0.3 is 10.6 Å². The Morgan fingerprint density at radius 3 is 2.31 bits per heavy atom. The third-order valence-electron chi connectivity index (χ3n) is 2.22. The Balaban J connectivity index is 2.14. The van der Waals surface area contributed by atoms with E-state index in [2.05, 4.69) is 20.6 Å². The molecule has 1 heterocycles. The van der Waals surface area contributed by atoms with Crippen LogP contribution in [0.15, 0.2) is 36.5 Å². The van der Waals surface area contributed by atoms with Crippen molar-refractivity contribution in [2.45, 2.75) is 6.92 Å². The van der Waals surface area contributed by atoms with Crippen molar-refractivity contribution in [3.05, 3.63) is 42.2 Å². The van der Waals surface area contributed by atoms with Gasteiger partial charge in [0.15, 0.2) is 0 Å². The molecule has 0 amide bonds. The number of aromatic nitrogens is 2. The molecule has 1 aromatic heterocycles. The molecule has 1 aromatic carbocycles. The fraction of sp³-hybridized carbons (Fsp3) is 0.167. The topological polar surface area (TPSA) is 49.8 Å². The highest BCUT2D eigenvalue weighted by molar-refractivity contribution is 5.58. The second kappa shape index (κ2) is 4.61. The Labute approximate surface area is 94.8 Å². The van der Waals surface area contributed by atoms with Gasteiger partial charge in [0, 0.05) is 30.3 Å². The van der Waals surface area contributed by atoms with E-state index in [4.69, 9.17) is 0 Å². The normalized spacial score (nSPS) is 9.88. The van der Waals surface area contributed by atoms with Gasteiger partial charge in [-0.25, -0.2) is 9.97 Å². The molecule has 0 spiro atoms. The van der Waals surface area contributed by atoms with E-state index in [9.17, 15) is 0 Å². The molecule has 2 N–H and O–H groups in total. The maximum Gasteiger partial charge on any atom is 0.227 e. The quantitative estimate of drug-likeness (QED) is 0.824. The highest BCUT2D eigenvalue weighted by Crippen LogP contribution is 2.15. The third kappa shape index (κ3) is 2.48. The minimum absolute atomic E-state index is 0.622. The van der Waals surface area contributed by atoms with Gasteiger partial charge in [0.25, 0.3) is 0 Å². The molecule has 4 nitrogen and oxygen atoms in total. The van der Waals surface area contributed by atoms with Gasteiger partial charge in [-0.1, -0.05) is 0 Å². The summed E-state index contributed by atoms with van der Waals surface area (Å²) in [5.41, 5.74) is 3.00. The lowest BCUT2D eigenvalue weighted by molar-refractivity contribution is 1.11. The molecule has 82 valence electrons. The van der Waals surface area contributed by atoms with Crippen molar-refractivity contribution in [2.24, 2.45) is 0 Å². The maximum atomic E-state index is 4.27. The molecule has 0 aliphatic heterocycles. The number of anilines is 3. The third-order valence-corrected chi connectivity index (χ3v) is 2.22. The van der Waals surface area contributed by atoms with Crippen LogP contribution in [0.3, 0.4) is 0 Å². The number of aryl methyl sites for hydroxylation is 1. The zero-order chi connectivity index (χ0) is 11.4. The summed E-state index contributed by atoms with van der Waals surface area (Å²) < 4.78 is 0. The summed E-state index contributed by atoms with van der Waals surface area (Å²) in [7, 11) is 1.89. The first-order chi connectivity index (χ1) is 7.78. The number of benzene rings is 1. The minimum atomic E-state index is 0.622. The van der Waals surface area contributed by atoms with Gasteiger partial charge in [-0.05, 0) is 37.3 Å². The molecule has 0 atom stereocenters. The SMILES string of the molecule is CNc1ccc(Nc2nccc(C)n2)cc1. The van der Waals surface area contributed by atoms with Gasteiger partial charge in [-0.3, -0.25) is 0 Å². The molecule has 0 saturated heterocycles. The van der Waals surface area contributed by atoms with E-state index in [0.29, 0.717) is 5.95 Å². The van der Waals surface area contributed by atoms with Gasteiger partial charge in [-0.15, -0.1) is 0 Å². The number of hydrogen-bond acceptors (Lipinski definition) is 4. The van der Waals surface area contributed by atoms with Gasteiger partial charge in [0.05, 0.1) is 0 Å². The van der Waals surface area contributed by atoms with E-state index in [0.717, 1.165) is 17.1 Å². The molecular weight excluding hydrogens is 200 g/mol. The number of nitrogens with one attached hydrogen (secondary N) is 2. The second-order valence-electron chi connectivity index (χ2n) is 3.47. The largest absolute Gasteiger partial charge is 0.388 e. The number of hydrogen-bond donors (Lipinski definition) is 2. The Morgan fingerprint density at radius 2 is 1.69 bits per heavy atom. The predicted molar refractivity (Wildman–Crippen MR) is 66.0 cm³/mol. The molecule has 0 unspecified atom stereocenters. The molecule has 16 heavy (non-hydrogen) atoms. The zero-order valence-corrected chi connectivity index (χ0v) is 9.36. The average Bonchev–Trinajstić information content (AvgIpc) is 2.30. The molecule has 0 bridgehead atoms. The first kappa shape index (κ1) is 10.4. The van der Waals surface area contributed by atoms with Crippen LogP contribution in [-0.4, -0.2) is 17.0 Å². The summed E-state index contributed by atoms with van der Waals surface area (Å²) in [6.45, 7) is 1.94. The summed E-state index contributed by atoms with van der Waals surface area (Å²) in [5, 5.41) is 6.21. The molecular formula is C12H14N4. The van der Waals surface area contributed by atoms with Crippen molar-refractivity contribution < 1.29 is 0 Å². The summed E-state index contributed by atoms with van der Waals surface area (Å²) in [5.74, 6) is 0.622. The number of nitrogens with zero attached hydrogens (tertiary/aromatic N) is 2. The van der Waals surface area contributed by atoms with Crippen molar-refractivity contribution in [3.63, 3.8) is 0 Å². The van der Waals surface area contributed by atoms with Crippen LogP contribution >= 0.6 is 0 Å². The van der Waals surface area contributed by atoms with E-state index in [1.54, 1.807) is 6.20 Å². The molecule has 0 saturated carbocycles. The Morgan fingerprint density at radius 1 is 1.00 bits per heavy atom. The van der Waals surface area contributed by atoms with E-state index in [1.165, 1.54) is 0 Å². The van der Waals surface area contributed by atoms with Crippen molar-refractivity contribution in [3.8, 4) is 0 Å². The first-order valence-electron chi connectivity index (χ1n) is 5.12. The van der Waals surface area contributed by atoms with Gasteiger partial charge >= 0.3 is 0 Å². The van der Waals surface area contributed by atoms with E-state index in [1.807, 2.05) is 44.3 Å². The number of rotatable bonds is 3. The highest BCUT2D eigenvalue weighted by Gasteiger charge is 1.97. The molecule has 4 heteroatoms. The van der Waals surface area contributed by atoms with Crippen LogP contribution in [0, 0.1) is 6.92 Å². The molecule has 0 radical (unpaired) electrons. The van der Waals surface area contributed by atoms with E-state index < -0.39 is 0 Å². The van der Waals surface area contributed by atoms with Crippen LogP contribution in [0.5, 0.6) is 0 Å². The Kier molecular flexibility index (Phi) is 3.00. The smallest absolute Gasteiger partial charge is 0.227 e. The standard InChI is InChI=1S/C12H14N4/c1-9-7-8-14-12(15-9)16-11-5-3-10(13-2)4-6-11/h3-8,13H,1-2H3,(H,14,15,16). The van der Waals surface area contributed by atoms with Crippen LogP contribution in [0.2, 0.25) is 0 Å². The van der Waals surface area contributed by atoms with Crippen molar-refractivity contribution in [1.82, 2.24) is 9.97 Å². The fourth-order valence-corrected chi connectivity index (χ4v) is 1.36. The van der Waals surface area contributed by atoms with Gasteiger partial charge in [-0.2, -0.15) is 0 Å². The van der Waals surface area contributed by atoms with Crippen molar-refractivity contribution in [1.29, 1.82) is 0 Å². The first-order valence-corrected chi connectivity index (χ1v) is 5.12. The molecule has 0 aliphatic carbocycles. The van der Waals surface area contributed by atoms with Crippen LogP contribution in [0.25, 0.3) is 0 Å². The second-order valence-corrected chi connectivity index (χ2v) is 3.47. The summed E-state index contributed by atoms with van der Waals surface area (Å²) in [6.07, 6.45) is 1.74. The maximum absolute atomic E-state index is 4.27. The monoisotopic (exact) mass is 214 g/mol. The van der Waals surface area contributed by atoms with E-state index >= 15 is 0 Å². The van der Waals surface area contributed by atoms with Crippen LogP contribution in [0.1, 0.15) is 5.69 Å². The fourth-order valence-electron chi connectivity index (χ4n) is 1.36. The Hall–Kier alpha value is -2.10. The van der Waals surface area contributed by atoms with Crippen LogP contribution in [0.4, 0.5) is 17.3 Å². The molecule has 2 rings (SSSR count). The van der Waals surface area contributed by atoms with Gasteiger partial charge in [0.1, 0.15) is 0 Å². The van der Waals surface area contributed by atoms with Crippen LogP contribution in [-0.2, 0) is 0 Å². The summed E-state index contributed by atoms with van der Waals surface area (Å²) in [6, 6.07) is 9.83. The highest BCUT2D eigenvalue weighted by atomic mass is 15.1. The lowest BCUT2D eigenvalue weighted by Gasteiger charge is -2.06.